The second-order valence-corrected chi connectivity index (χ2v) is 14.2. The van der Waals surface area contributed by atoms with Crippen molar-refractivity contribution in [2.75, 3.05) is 6.61 Å². The molecule has 1 N–H and O–H groups in total. The van der Waals surface area contributed by atoms with E-state index in [4.69, 9.17) is 18.9 Å². The summed E-state index contributed by atoms with van der Waals surface area (Å²) in [5.74, 6) is 0.867. The summed E-state index contributed by atoms with van der Waals surface area (Å²) < 4.78 is 23.1. The summed E-state index contributed by atoms with van der Waals surface area (Å²) in [7, 11) is 0. The van der Waals surface area contributed by atoms with Crippen LogP contribution in [0.25, 0.3) is 11.1 Å². The van der Waals surface area contributed by atoms with Gasteiger partial charge in [-0.15, -0.1) is 0 Å². The monoisotopic (exact) mass is 628 g/mol. The van der Waals surface area contributed by atoms with Crippen molar-refractivity contribution < 1.29 is 33.6 Å². The number of carbonyl (C=O) groups excluding carboxylic acids is 2. The third-order valence-corrected chi connectivity index (χ3v) is 8.11. The fourth-order valence-electron chi connectivity index (χ4n) is 5.44. The predicted molar refractivity (Wildman–Crippen MR) is 181 cm³/mol. The van der Waals surface area contributed by atoms with Crippen molar-refractivity contribution in [3.8, 4) is 34.1 Å². The number of phenols is 1. The van der Waals surface area contributed by atoms with Gasteiger partial charge in [-0.25, -0.2) is 9.59 Å². The number of hydrogen-bond donors (Lipinski definition) is 1. The topological polar surface area (TPSA) is 91.3 Å². The average molecular weight is 629 g/mol. The summed E-state index contributed by atoms with van der Waals surface area (Å²) in [5.41, 5.74) is 4.17. The van der Waals surface area contributed by atoms with E-state index in [2.05, 4.69) is 25.6 Å². The van der Waals surface area contributed by atoms with E-state index in [1.165, 1.54) is 24.8 Å². The van der Waals surface area contributed by atoms with E-state index < -0.39 is 18.2 Å². The molecular formula is C39H48O7. The van der Waals surface area contributed by atoms with Gasteiger partial charge >= 0.3 is 12.1 Å². The van der Waals surface area contributed by atoms with Crippen LogP contribution in [0, 0.1) is 0 Å². The molecule has 3 aromatic rings. The van der Waals surface area contributed by atoms with Crippen LogP contribution in [-0.4, -0.2) is 23.8 Å². The molecular weight excluding hydrogens is 580 g/mol. The maximum absolute atomic E-state index is 12.8. The Hall–Kier alpha value is -4.26. The molecule has 0 spiro atoms. The van der Waals surface area contributed by atoms with Gasteiger partial charge in [0.15, 0.2) is 6.10 Å². The lowest BCUT2D eigenvalue weighted by Crippen LogP contribution is -2.17. The molecule has 246 valence electrons. The Labute approximate surface area is 273 Å². The van der Waals surface area contributed by atoms with E-state index in [1.807, 2.05) is 65.8 Å². The van der Waals surface area contributed by atoms with Gasteiger partial charge in [0.05, 0.1) is 0 Å². The van der Waals surface area contributed by atoms with Gasteiger partial charge in [0, 0.05) is 27.8 Å². The van der Waals surface area contributed by atoms with Gasteiger partial charge < -0.3 is 24.1 Å². The first-order valence-electron chi connectivity index (χ1n) is 16.1. The highest BCUT2D eigenvalue weighted by atomic mass is 16.8. The second-order valence-electron chi connectivity index (χ2n) is 14.2. The van der Waals surface area contributed by atoms with Gasteiger partial charge in [-0.2, -0.15) is 0 Å². The van der Waals surface area contributed by atoms with E-state index in [1.54, 1.807) is 19.1 Å². The lowest BCUT2D eigenvalue weighted by molar-refractivity contribution is -0.130. The van der Waals surface area contributed by atoms with Gasteiger partial charge in [-0.1, -0.05) is 98.6 Å². The number of unbranched alkanes of at least 4 members (excludes halogenated alkanes) is 3. The molecule has 3 aromatic carbocycles. The fraction of sp³-hybridized carbons (Fsp3) is 0.436. The molecule has 0 radical (unpaired) electrons. The largest absolute Gasteiger partial charge is 0.509 e. The van der Waals surface area contributed by atoms with Crippen molar-refractivity contribution in [3.05, 3.63) is 82.9 Å². The van der Waals surface area contributed by atoms with Crippen LogP contribution < -0.4 is 9.47 Å². The first-order valence-corrected chi connectivity index (χ1v) is 16.1. The lowest BCUT2D eigenvalue weighted by Gasteiger charge is -2.28. The van der Waals surface area contributed by atoms with Crippen molar-refractivity contribution in [2.24, 2.45) is 0 Å². The van der Waals surface area contributed by atoms with E-state index in [0.717, 1.165) is 29.5 Å². The number of carbonyl (C=O) groups is 2. The minimum absolute atomic E-state index is 0.0226. The van der Waals surface area contributed by atoms with Crippen molar-refractivity contribution in [1.29, 1.82) is 0 Å². The third-order valence-electron chi connectivity index (χ3n) is 8.11. The zero-order valence-corrected chi connectivity index (χ0v) is 28.5. The molecule has 1 atom stereocenters. The van der Waals surface area contributed by atoms with Gasteiger partial charge in [-0.3, -0.25) is 0 Å². The van der Waals surface area contributed by atoms with Crippen LogP contribution in [0.5, 0.6) is 23.0 Å². The van der Waals surface area contributed by atoms with Gasteiger partial charge in [-0.05, 0) is 66.0 Å². The molecule has 0 aromatic heterocycles. The van der Waals surface area contributed by atoms with Crippen LogP contribution in [0.2, 0.25) is 0 Å². The minimum atomic E-state index is -0.787. The van der Waals surface area contributed by atoms with Crippen LogP contribution in [0.1, 0.15) is 109 Å². The second kappa shape index (κ2) is 14.0. The van der Waals surface area contributed by atoms with Gasteiger partial charge in [0.25, 0.3) is 0 Å². The maximum Gasteiger partial charge on any atom is 0.509 e. The number of ether oxygens (including phenoxy) is 4. The smallest absolute Gasteiger partial charge is 0.507 e. The van der Waals surface area contributed by atoms with Crippen LogP contribution in [0.4, 0.5) is 4.79 Å². The molecule has 0 saturated carbocycles. The Bertz CT molecular complexity index is 1550. The molecule has 1 heterocycles. The van der Waals surface area contributed by atoms with Gasteiger partial charge in [0.1, 0.15) is 29.6 Å². The number of cyclic esters (lactones) is 2. The quantitative estimate of drug-likeness (QED) is 0.0977. The molecule has 1 aliphatic rings. The predicted octanol–water partition coefficient (Wildman–Crippen LogP) is 10.3. The Morgan fingerprint density at radius 2 is 1.57 bits per heavy atom. The lowest BCUT2D eigenvalue weighted by atomic mass is 9.79. The summed E-state index contributed by atoms with van der Waals surface area (Å²) in [6, 6.07) is 15.4. The van der Waals surface area contributed by atoms with Crippen LogP contribution in [0.3, 0.4) is 0 Å². The Balaban J connectivity index is 1.87. The maximum atomic E-state index is 12.8. The summed E-state index contributed by atoms with van der Waals surface area (Å²) >= 11 is 0. The van der Waals surface area contributed by atoms with Crippen LogP contribution in [0.15, 0.2) is 60.7 Å². The molecule has 1 aliphatic heterocycles. The Morgan fingerprint density at radius 3 is 2.09 bits per heavy atom. The van der Waals surface area contributed by atoms with Crippen LogP contribution in [-0.2, 0) is 31.5 Å². The summed E-state index contributed by atoms with van der Waals surface area (Å²) in [5, 5.41) is 11.3. The van der Waals surface area contributed by atoms with E-state index >= 15 is 0 Å². The van der Waals surface area contributed by atoms with Gasteiger partial charge in [0.2, 0.25) is 0 Å². The van der Waals surface area contributed by atoms with E-state index in [9.17, 15) is 14.7 Å². The Kier molecular flexibility index (Phi) is 10.5. The highest BCUT2D eigenvalue weighted by Gasteiger charge is 2.32. The molecule has 4 rings (SSSR count). The van der Waals surface area contributed by atoms with Crippen molar-refractivity contribution in [3.63, 3.8) is 0 Å². The molecule has 1 unspecified atom stereocenters. The van der Waals surface area contributed by atoms with E-state index in [-0.39, 0.29) is 34.5 Å². The SMILES string of the molecule is C=C(C)C(=O)Oc1cc(C2COC(=O)O2)c(Oc2cc(C(C)(C)C)c(O)c(C(C)(C)C)c2)cc1-c1ccc(CCCCCC)cc1. The average Bonchev–Trinajstić information content (AvgIpc) is 3.41. The number of aryl methyl sites for hydroxylation is 1. The molecule has 1 fully saturated rings. The molecule has 0 amide bonds. The first-order chi connectivity index (χ1) is 21.6. The Morgan fingerprint density at radius 1 is 0.935 bits per heavy atom. The number of hydrogen-bond acceptors (Lipinski definition) is 7. The molecule has 1 saturated heterocycles. The number of phenolic OH excluding ortho intramolecular Hbond substituents is 1. The first kappa shape index (κ1) is 34.6. The standard InChI is InChI=1S/C39H48O7/c1-10-11-12-13-14-25-15-17-26(18-16-25)28-21-33(29(34-23-43-37(42)46-34)22-32(28)45-36(41)24(2)3)44-27-19-30(38(4,5)6)35(40)31(20-27)39(7,8)9/h15-22,34,40H,2,10-14,23H2,1,3-9H3. The summed E-state index contributed by atoms with van der Waals surface area (Å²) in [6.07, 6.45) is 4.16. The fourth-order valence-corrected chi connectivity index (χ4v) is 5.44. The number of benzene rings is 3. The zero-order valence-electron chi connectivity index (χ0n) is 28.5. The van der Waals surface area contributed by atoms with Crippen LogP contribution >= 0.6 is 0 Å². The van der Waals surface area contributed by atoms with E-state index in [0.29, 0.717) is 22.6 Å². The normalized spacial score (nSPS) is 14.9. The molecule has 46 heavy (non-hydrogen) atoms. The molecule has 0 bridgehead atoms. The third kappa shape index (κ3) is 8.31. The summed E-state index contributed by atoms with van der Waals surface area (Å²) in [4.78, 5) is 24.8. The van der Waals surface area contributed by atoms with Crippen molar-refractivity contribution in [1.82, 2.24) is 0 Å². The number of esters is 1. The molecule has 7 heteroatoms. The zero-order chi connectivity index (χ0) is 33.8. The highest BCUT2D eigenvalue weighted by Crippen LogP contribution is 2.46. The minimum Gasteiger partial charge on any atom is -0.507 e. The van der Waals surface area contributed by atoms with Crippen molar-refractivity contribution in [2.45, 2.75) is 104 Å². The molecule has 0 aliphatic carbocycles. The van der Waals surface area contributed by atoms with Crippen molar-refractivity contribution >= 4 is 12.1 Å². The number of aromatic hydroxyl groups is 1. The molecule has 7 nitrogen and oxygen atoms in total. The number of rotatable bonds is 11. The summed E-state index contributed by atoms with van der Waals surface area (Å²) in [6.45, 7) is 19.7. The highest BCUT2D eigenvalue weighted by molar-refractivity contribution is 5.90.